The topological polar surface area (TPSA) is 34.9 Å². The number of hydrogen-bond acceptors (Lipinski definition) is 2. The highest BCUT2D eigenvalue weighted by molar-refractivity contribution is 6.37. The highest BCUT2D eigenvalue weighted by atomic mass is 35.5. The highest BCUT2D eigenvalue weighted by Crippen LogP contribution is 2.29. The maximum Gasteiger partial charge on any atom is 0.266 e. The third-order valence-corrected chi connectivity index (χ3v) is 5.12. The molecule has 4 rings (SSSR count). The van der Waals surface area contributed by atoms with E-state index >= 15 is 0 Å². The molecule has 0 amide bonds. The fraction of sp³-hybridized carbons (Fsp3) is 0. The number of hydrogen-bond donors (Lipinski definition) is 0. The van der Waals surface area contributed by atoms with Gasteiger partial charge in [0.25, 0.3) is 5.56 Å². The molecule has 0 bridgehead atoms. The Morgan fingerprint density at radius 2 is 1.46 bits per heavy atom. The van der Waals surface area contributed by atoms with Crippen molar-refractivity contribution in [3.63, 3.8) is 0 Å². The van der Waals surface area contributed by atoms with Gasteiger partial charge in [-0.15, -0.1) is 0 Å². The molecular weight excluding hydrogens is 415 g/mol. The van der Waals surface area contributed by atoms with Crippen molar-refractivity contribution < 1.29 is 0 Å². The van der Waals surface area contributed by atoms with Crippen molar-refractivity contribution in [2.75, 3.05) is 0 Å². The van der Waals surface area contributed by atoms with Gasteiger partial charge in [-0.05, 0) is 48.0 Å². The van der Waals surface area contributed by atoms with Crippen LogP contribution in [0.25, 0.3) is 28.7 Å². The summed E-state index contributed by atoms with van der Waals surface area (Å²) in [5, 5.41) is 1.88. The summed E-state index contributed by atoms with van der Waals surface area (Å²) in [5.41, 5.74) is 1.69. The Hall–Kier alpha value is -2.59. The van der Waals surface area contributed by atoms with Crippen LogP contribution in [0.2, 0.25) is 15.1 Å². The van der Waals surface area contributed by atoms with Crippen LogP contribution in [0.5, 0.6) is 0 Å². The van der Waals surface area contributed by atoms with E-state index in [1.165, 1.54) is 4.57 Å². The van der Waals surface area contributed by atoms with Crippen molar-refractivity contribution in [1.82, 2.24) is 9.55 Å². The zero-order valence-electron chi connectivity index (χ0n) is 14.4. The summed E-state index contributed by atoms with van der Waals surface area (Å²) < 4.78 is 1.44. The normalized spacial score (nSPS) is 11.4. The summed E-state index contributed by atoms with van der Waals surface area (Å²) in [6.45, 7) is 0. The van der Waals surface area contributed by atoms with Crippen LogP contribution in [-0.4, -0.2) is 9.55 Å². The maximum absolute atomic E-state index is 13.3. The van der Waals surface area contributed by atoms with E-state index < -0.39 is 0 Å². The Labute approximate surface area is 176 Å². The zero-order valence-corrected chi connectivity index (χ0v) is 16.7. The predicted molar refractivity (Wildman–Crippen MR) is 118 cm³/mol. The minimum absolute atomic E-state index is 0.239. The van der Waals surface area contributed by atoms with Crippen LogP contribution in [0.3, 0.4) is 0 Å². The van der Waals surface area contributed by atoms with E-state index in [-0.39, 0.29) is 5.56 Å². The van der Waals surface area contributed by atoms with E-state index in [1.807, 2.05) is 24.3 Å². The zero-order chi connectivity index (χ0) is 19.7. The Balaban J connectivity index is 1.99. The number of aromatic nitrogens is 2. The largest absolute Gasteiger partial charge is 0.268 e. The summed E-state index contributed by atoms with van der Waals surface area (Å²) in [5.74, 6) is 0.425. The second kappa shape index (κ2) is 7.80. The van der Waals surface area contributed by atoms with Crippen LogP contribution < -0.4 is 5.56 Å². The molecule has 0 saturated carbocycles. The van der Waals surface area contributed by atoms with Crippen LogP contribution in [0.15, 0.2) is 71.5 Å². The molecule has 0 unspecified atom stereocenters. The van der Waals surface area contributed by atoms with Gasteiger partial charge in [0, 0.05) is 5.02 Å². The average molecular weight is 428 g/mol. The number of benzene rings is 3. The van der Waals surface area contributed by atoms with Crippen molar-refractivity contribution in [2.45, 2.75) is 0 Å². The molecule has 0 atom stereocenters. The van der Waals surface area contributed by atoms with E-state index in [0.29, 0.717) is 37.5 Å². The van der Waals surface area contributed by atoms with E-state index in [9.17, 15) is 4.79 Å². The van der Waals surface area contributed by atoms with Gasteiger partial charge in [0.1, 0.15) is 5.82 Å². The van der Waals surface area contributed by atoms with Crippen LogP contribution in [0, 0.1) is 0 Å². The molecule has 0 fully saturated rings. The number of nitrogens with zero attached hydrogens (tertiary/aromatic N) is 2. The monoisotopic (exact) mass is 426 g/mol. The molecule has 6 heteroatoms. The van der Waals surface area contributed by atoms with Crippen molar-refractivity contribution in [3.05, 3.63) is 104 Å². The lowest BCUT2D eigenvalue weighted by Gasteiger charge is -2.14. The van der Waals surface area contributed by atoms with Crippen molar-refractivity contribution >= 4 is 57.9 Å². The van der Waals surface area contributed by atoms with Gasteiger partial charge in [0.05, 0.1) is 26.6 Å². The first-order valence-corrected chi connectivity index (χ1v) is 9.58. The molecule has 0 spiro atoms. The smallest absolute Gasteiger partial charge is 0.266 e. The third kappa shape index (κ3) is 3.57. The van der Waals surface area contributed by atoms with E-state index in [0.717, 1.165) is 5.56 Å². The average Bonchev–Trinajstić information content (AvgIpc) is 2.69. The summed E-state index contributed by atoms with van der Waals surface area (Å²) in [7, 11) is 0. The van der Waals surface area contributed by atoms with Crippen LogP contribution in [0.4, 0.5) is 0 Å². The fourth-order valence-electron chi connectivity index (χ4n) is 2.93. The first-order chi connectivity index (χ1) is 13.5. The van der Waals surface area contributed by atoms with Gasteiger partial charge < -0.3 is 0 Å². The molecule has 3 nitrogen and oxygen atoms in total. The lowest BCUT2D eigenvalue weighted by molar-refractivity contribution is 0.944. The van der Waals surface area contributed by atoms with E-state index in [1.54, 1.807) is 54.6 Å². The second-order valence-corrected chi connectivity index (χ2v) is 7.33. The Morgan fingerprint density at radius 3 is 2.18 bits per heavy atom. The molecule has 0 saturated heterocycles. The van der Waals surface area contributed by atoms with Gasteiger partial charge in [-0.2, -0.15) is 0 Å². The molecule has 0 aliphatic heterocycles. The molecule has 3 aromatic carbocycles. The van der Waals surface area contributed by atoms with Crippen molar-refractivity contribution in [3.8, 4) is 5.69 Å². The quantitative estimate of drug-likeness (QED) is 0.373. The number of rotatable bonds is 3. The van der Waals surface area contributed by atoms with Crippen LogP contribution in [0.1, 0.15) is 11.4 Å². The van der Waals surface area contributed by atoms with E-state index in [4.69, 9.17) is 34.8 Å². The molecular formula is C22H13Cl3N2O. The minimum Gasteiger partial charge on any atom is -0.268 e. The molecule has 1 aromatic heterocycles. The summed E-state index contributed by atoms with van der Waals surface area (Å²) >= 11 is 18.7. The maximum atomic E-state index is 13.3. The van der Waals surface area contributed by atoms with Crippen molar-refractivity contribution in [2.24, 2.45) is 0 Å². The van der Waals surface area contributed by atoms with E-state index in [2.05, 4.69) is 4.98 Å². The molecule has 0 radical (unpaired) electrons. The standard InChI is InChI=1S/C22H13Cl3N2O/c23-15-11-8-14(9-12-15)10-13-20-26-19-7-2-1-4-16(19)22(28)27(20)21-17(24)5-3-6-18(21)25/h1-13H. The number of para-hydroxylation sites is 2. The first kappa shape index (κ1) is 18.8. The lowest BCUT2D eigenvalue weighted by atomic mass is 10.2. The molecule has 28 heavy (non-hydrogen) atoms. The predicted octanol–water partition coefficient (Wildman–Crippen LogP) is 6.52. The molecule has 0 N–H and O–H groups in total. The van der Waals surface area contributed by atoms with Gasteiger partial charge in [-0.3, -0.25) is 9.36 Å². The summed E-state index contributed by atoms with van der Waals surface area (Å²) in [6.07, 6.45) is 3.62. The number of halogens is 3. The second-order valence-electron chi connectivity index (χ2n) is 6.08. The molecule has 1 heterocycles. The minimum atomic E-state index is -0.239. The Morgan fingerprint density at radius 1 is 0.786 bits per heavy atom. The van der Waals surface area contributed by atoms with Gasteiger partial charge in [0.2, 0.25) is 0 Å². The van der Waals surface area contributed by atoms with Gasteiger partial charge >= 0.3 is 0 Å². The Bertz CT molecular complexity index is 1240. The Kier molecular flexibility index (Phi) is 5.23. The first-order valence-electron chi connectivity index (χ1n) is 8.44. The van der Waals surface area contributed by atoms with Crippen LogP contribution >= 0.6 is 34.8 Å². The van der Waals surface area contributed by atoms with Gasteiger partial charge in [0.15, 0.2) is 0 Å². The summed E-state index contributed by atoms with van der Waals surface area (Å²) in [6, 6.07) is 19.6. The van der Waals surface area contributed by atoms with Gasteiger partial charge in [-0.25, -0.2) is 4.98 Å². The molecule has 4 aromatic rings. The highest BCUT2D eigenvalue weighted by Gasteiger charge is 2.16. The molecule has 0 aliphatic rings. The SMILES string of the molecule is O=c1c2ccccc2nc(C=Cc2ccc(Cl)cc2)n1-c1c(Cl)cccc1Cl. The molecule has 138 valence electrons. The lowest BCUT2D eigenvalue weighted by Crippen LogP contribution is -2.23. The van der Waals surface area contributed by atoms with Gasteiger partial charge in [-0.1, -0.05) is 71.2 Å². The third-order valence-electron chi connectivity index (χ3n) is 4.26. The van der Waals surface area contributed by atoms with Crippen molar-refractivity contribution in [1.29, 1.82) is 0 Å². The summed E-state index contributed by atoms with van der Waals surface area (Å²) in [4.78, 5) is 17.9. The molecule has 0 aliphatic carbocycles. The number of fused-ring (bicyclic) bond motifs is 1. The van der Waals surface area contributed by atoms with Crippen LogP contribution in [-0.2, 0) is 0 Å². The fourth-order valence-corrected chi connectivity index (χ4v) is 3.62.